The molecule has 3 N–H and O–H groups in total. The largest absolute Gasteiger partial charge is 0.477 e. The summed E-state index contributed by atoms with van der Waals surface area (Å²) < 4.78 is 2.44. The summed E-state index contributed by atoms with van der Waals surface area (Å²) in [5, 5.41) is 20.0. The smallest absolute Gasteiger partial charge is 0.352 e. The third-order valence-corrected chi connectivity index (χ3v) is 5.15. The molecule has 0 saturated carbocycles. The van der Waals surface area contributed by atoms with Crippen molar-refractivity contribution in [1.29, 1.82) is 0 Å². The highest BCUT2D eigenvalue weighted by molar-refractivity contribution is 9.10. The zero-order chi connectivity index (χ0) is 20.5. The quantitative estimate of drug-likeness (QED) is 0.517. The van der Waals surface area contributed by atoms with E-state index in [1.807, 2.05) is 24.3 Å². The summed E-state index contributed by atoms with van der Waals surface area (Å²) in [7, 11) is 0. The lowest BCUT2D eigenvalue weighted by molar-refractivity contribution is -0.132. The Morgan fingerprint density at radius 3 is 2.66 bits per heavy atom. The maximum Gasteiger partial charge on any atom is 0.352 e. The fourth-order valence-electron chi connectivity index (χ4n) is 3.05. The van der Waals surface area contributed by atoms with Gasteiger partial charge in [-0.2, -0.15) is 5.10 Å². The third-order valence-electron chi connectivity index (χ3n) is 4.40. The second-order valence-electron chi connectivity index (χ2n) is 6.32. The predicted molar refractivity (Wildman–Crippen MR) is 113 cm³/mol. The highest BCUT2D eigenvalue weighted by Crippen LogP contribution is 2.33. The van der Waals surface area contributed by atoms with Gasteiger partial charge in [0.15, 0.2) is 0 Å². The van der Waals surface area contributed by atoms with Gasteiger partial charge >= 0.3 is 5.97 Å². The summed E-state index contributed by atoms with van der Waals surface area (Å²) in [5.41, 5.74) is 1.59. The second kappa shape index (κ2) is 7.73. The van der Waals surface area contributed by atoms with Gasteiger partial charge in [0.2, 0.25) is 0 Å². The first-order valence-electron chi connectivity index (χ1n) is 8.54. The number of carbonyl (C=O) groups is 2. The Bertz CT molecular complexity index is 1140. The third kappa shape index (κ3) is 3.90. The Morgan fingerprint density at radius 1 is 1.21 bits per heavy atom. The highest BCUT2D eigenvalue weighted by atomic mass is 79.9. The zero-order valence-electron chi connectivity index (χ0n) is 14.8. The predicted octanol–water partition coefficient (Wildman–Crippen LogP) is 4.53. The van der Waals surface area contributed by atoms with Crippen molar-refractivity contribution in [2.75, 3.05) is 10.6 Å². The van der Waals surface area contributed by atoms with Crippen molar-refractivity contribution in [3.8, 4) is 0 Å². The van der Waals surface area contributed by atoms with Crippen LogP contribution in [-0.4, -0.2) is 26.8 Å². The SMILES string of the molecule is O=C(O)C1=CC(c2cccc(Br)c2)n2ncc(C(=O)Nc3ccc(Cl)cc3)c2N1. The number of nitrogens with one attached hydrogen (secondary N) is 2. The molecule has 1 aliphatic rings. The Hall–Kier alpha value is -3.10. The van der Waals surface area contributed by atoms with Crippen LogP contribution in [0.15, 0.2) is 71.0 Å². The minimum atomic E-state index is -1.12. The van der Waals surface area contributed by atoms with Gasteiger partial charge in [0.25, 0.3) is 5.91 Å². The maximum atomic E-state index is 12.8. The van der Waals surface area contributed by atoms with E-state index in [-0.39, 0.29) is 11.3 Å². The van der Waals surface area contributed by atoms with Crippen LogP contribution in [0.2, 0.25) is 5.02 Å². The Labute approximate surface area is 179 Å². The Balaban J connectivity index is 1.72. The highest BCUT2D eigenvalue weighted by Gasteiger charge is 2.29. The van der Waals surface area contributed by atoms with Crippen molar-refractivity contribution in [2.45, 2.75) is 6.04 Å². The van der Waals surface area contributed by atoms with E-state index >= 15 is 0 Å². The summed E-state index contributed by atoms with van der Waals surface area (Å²) in [4.78, 5) is 24.4. The van der Waals surface area contributed by atoms with Gasteiger partial charge in [-0.1, -0.05) is 39.7 Å². The number of benzene rings is 2. The number of carboxylic acids is 1. The average Bonchev–Trinajstić information content (AvgIpc) is 3.13. The van der Waals surface area contributed by atoms with Gasteiger partial charge in [0, 0.05) is 15.2 Å². The number of anilines is 2. The fourth-order valence-corrected chi connectivity index (χ4v) is 3.59. The van der Waals surface area contributed by atoms with Crippen LogP contribution >= 0.6 is 27.5 Å². The lowest BCUT2D eigenvalue weighted by Gasteiger charge is -2.24. The Morgan fingerprint density at radius 2 is 1.97 bits per heavy atom. The normalized spacial score (nSPS) is 15.1. The molecule has 3 aromatic rings. The number of rotatable bonds is 4. The number of fused-ring (bicyclic) bond motifs is 1. The van der Waals surface area contributed by atoms with Gasteiger partial charge < -0.3 is 15.7 Å². The summed E-state index contributed by atoms with van der Waals surface area (Å²) in [6.07, 6.45) is 2.97. The fraction of sp³-hybridized carbons (Fsp3) is 0.0500. The van der Waals surface area contributed by atoms with Crippen LogP contribution in [-0.2, 0) is 4.79 Å². The molecule has 1 aromatic heterocycles. The van der Waals surface area contributed by atoms with Crippen molar-refractivity contribution >= 4 is 50.9 Å². The summed E-state index contributed by atoms with van der Waals surface area (Å²) >= 11 is 9.30. The zero-order valence-corrected chi connectivity index (χ0v) is 17.1. The molecule has 0 bridgehead atoms. The number of hydrogen-bond acceptors (Lipinski definition) is 4. The van der Waals surface area contributed by atoms with Crippen LogP contribution in [0.1, 0.15) is 22.0 Å². The molecule has 29 heavy (non-hydrogen) atoms. The molecule has 1 aliphatic heterocycles. The van der Waals surface area contributed by atoms with Crippen molar-refractivity contribution < 1.29 is 14.7 Å². The van der Waals surface area contributed by atoms with Crippen molar-refractivity contribution in [1.82, 2.24) is 9.78 Å². The number of carboxylic acid groups (broad SMARTS) is 1. The molecule has 146 valence electrons. The van der Waals surface area contributed by atoms with E-state index in [1.165, 1.54) is 6.20 Å². The van der Waals surface area contributed by atoms with Crippen LogP contribution < -0.4 is 10.6 Å². The van der Waals surface area contributed by atoms with Gasteiger partial charge in [0.1, 0.15) is 17.1 Å². The van der Waals surface area contributed by atoms with E-state index in [1.54, 1.807) is 35.0 Å². The molecule has 0 radical (unpaired) electrons. The molecular weight excluding hydrogens is 460 g/mol. The number of nitrogens with zero attached hydrogens (tertiary/aromatic N) is 2. The average molecular weight is 474 g/mol. The number of carbonyl (C=O) groups excluding carboxylic acids is 1. The van der Waals surface area contributed by atoms with E-state index in [0.29, 0.717) is 16.5 Å². The van der Waals surface area contributed by atoms with E-state index in [2.05, 4.69) is 31.7 Å². The second-order valence-corrected chi connectivity index (χ2v) is 7.67. The van der Waals surface area contributed by atoms with Crippen LogP contribution in [0, 0.1) is 0 Å². The Kier molecular flexibility index (Phi) is 5.12. The van der Waals surface area contributed by atoms with Gasteiger partial charge in [-0.25, -0.2) is 9.48 Å². The summed E-state index contributed by atoms with van der Waals surface area (Å²) in [6, 6.07) is 13.7. The number of halogens is 2. The van der Waals surface area contributed by atoms with Crippen LogP contribution in [0.25, 0.3) is 0 Å². The molecule has 1 amide bonds. The van der Waals surface area contributed by atoms with Crippen LogP contribution in [0.4, 0.5) is 11.5 Å². The number of aromatic nitrogens is 2. The van der Waals surface area contributed by atoms with Crippen molar-refractivity contribution in [3.05, 3.63) is 87.1 Å². The molecule has 2 heterocycles. The summed E-state index contributed by atoms with van der Waals surface area (Å²) in [5.74, 6) is -1.23. The molecular formula is C20H14BrClN4O3. The molecule has 0 spiro atoms. The minimum absolute atomic E-state index is 0.0245. The van der Waals surface area contributed by atoms with E-state index < -0.39 is 17.9 Å². The minimum Gasteiger partial charge on any atom is -0.477 e. The number of aliphatic carboxylic acids is 1. The van der Waals surface area contributed by atoms with Gasteiger partial charge in [0.05, 0.1) is 12.2 Å². The molecule has 2 aromatic carbocycles. The molecule has 4 rings (SSSR count). The number of allylic oxidation sites excluding steroid dienone is 1. The van der Waals surface area contributed by atoms with Crippen LogP contribution in [0.3, 0.4) is 0 Å². The molecule has 1 atom stereocenters. The molecule has 7 nitrogen and oxygen atoms in total. The van der Waals surface area contributed by atoms with Gasteiger partial charge in [-0.05, 0) is 48.0 Å². The van der Waals surface area contributed by atoms with Gasteiger partial charge in [-0.3, -0.25) is 4.79 Å². The standard InChI is InChI=1S/C20H14BrClN4O3/c21-12-3-1-2-11(8-12)17-9-16(20(28)29)25-18-15(10-23-26(17)18)19(27)24-14-6-4-13(22)5-7-14/h1-10,17,25H,(H,24,27)(H,28,29). The molecule has 0 aliphatic carbocycles. The first kappa shape index (κ1) is 19.2. The molecule has 0 saturated heterocycles. The number of amides is 1. The summed E-state index contributed by atoms with van der Waals surface area (Å²) in [6.45, 7) is 0. The number of hydrogen-bond donors (Lipinski definition) is 3. The topological polar surface area (TPSA) is 96.2 Å². The molecule has 9 heteroatoms. The lowest BCUT2D eigenvalue weighted by Crippen LogP contribution is -2.25. The van der Waals surface area contributed by atoms with E-state index in [4.69, 9.17) is 11.6 Å². The monoisotopic (exact) mass is 472 g/mol. The first-order valence-corrected chi connectivity index (χ1v) is 9.71. The van der Waals surface area contributed by atoms with Crippen molar-refractivity contribution in [2.24, 2.45) is 0 Å². The maximum absolute atomic E-state index is 12.8. The molecule has 0 fully saturated rings. The lowest BCUT2D eigenvalue weighted by atomic mass is 10.0. The molecule has 1 unspecified atom stereocenters. The van der Waals surface area contributed by atoms with Gasteiger partial charge in [-0.15, -0.1) is 0 Å². The first-order chi connectivity index (χ1) is 13.9. The van der Waals surface area contributed by atoms with E-state index in [9.17, 15) is 14.7 Å². The van der Waals surface area contributed by atoms with Crippen molar-refractivity contribution in [3.63, 3.8) is 0 Å². The van der Waals surface area contributed by atoms with E-state index in [0.717, 1.165) is 10.0 Å². The van der Waals surface area contributed by atoms with Crippen LogP contribution in [0.5, 0.6) is 0 Å².